The van der Waals surface area contributed by atoms with E-state index >= 15 is 0 Å². The minimum Gasteiger partial charge on any atom is -0.374 e. The molecule has 1 heterocycles. The number of aromatic nitrogens is 2. The van der Waals surface area contributed by atoms with Crippen LogP contribution in [-0.2, 0) is 10.0 Å². The third-order valence-electron chi connectivity index (χ3n) is 2.89. The van der Waals surface area contributed by atoms with Gasteiger partial charge in [0.1, 0.15) is 0 Å². The Bertz CT molecular complexity index is 499. The van der Waals surface area contributed by atoms with Crippen molar-refractivity contribution in [2.45, 2.75) is 44.9 Å². The lowest BCUT2D eigenvalue weighted by Crippen LogP contribution is -2.34. The zero-order chi connectivity index (χ0) is 15.3. The number of anilines is 1. The van der Waals surface area contributed by atoms with Gasteiger partial charge in [0.15, 0.2) is 0 Å². The molecule has 0 unspecified atom stereocenters. The van der Waals surface area contributed by atoms with E-state index in [4.69, 9.17) is 5.73 Å². The molecule has 1 rings (SSSR count). The Balaban J connectivity index is 2.89. The Morgan fingerprint density at radius 2 is 1.60 bits per heavy atom. The fourth-order valence-electron chi connectivity index (χ4n) is 1.59. The number of sulfonamides is 1. The van der Waals surface area contributed by atoms with Crippen molar-refractivity contribution in [2.75, 3.05) is 18.8 Å². The molecule has 6 nitrogen and oxygen atoms in total. The van der Waals surface area contributed by atoms with E-state index in [0.717, 1.165) is 24.2 Å². The molecule has 1 aromatic rings. The number of nitrogens with two attached hydrogens (primary N) is 1. The van der Waals surface area contributed by atoms with Crippen LogP contribution in [0.4, 0.5) is 5.13 Å². The Labute approximate surface area is 125 Å². The van der Waals surface area contributed by atoms with E-state index in [1.807, 2.05) is 0 Å². The van der Waals surface area contributed by atoms with E-state index in [1.165, 1.54) is 4.31 Å². The molecule has 0 aliphatic rings. The number of hydrogen-bond donors (Lipinski definition) is 1. The molecular weight excluding hydrogens is 296 g/mol. The summed E-state index contributed by atoms with van der Waals surface area (Å²) >= 11 is 0.917. The van der Waals surface area contributed by atoms with Crippen molar-refractivity contribution in [1.82, 2.24) is 14.5 Å². The van der Waals surface area contributed by atoms with Gasteiger partial charge >= 0.3 is 0 Å². The van der Waals surface area contributed by atoms with Crippen LogP contribution in [0.15, 0.2) is 4.34 Å². The number of hydrogen-bond acceptors (Lipinski definition) is 6. The van der Waals surface area contributed by atoms with Gasteiger partial charge in [-0.1, -0.05) is 39.0 Å². The molecule has 0 atom stereocenters. The van der Waals surface area contributed by atoms with Crippen molar-refractivity contribution in [3.05, 3.63) is 0 Å². The van der Waals surface area contributed by atoms with E-state index < -0.39 is 10.0 Å². The molecule has 0 spiro atoms. The van der Waals surface area contributed by atoms with Crippen molar-refractivity contribution < 1.29 is 8.42 Å². The van der Waals surface area contributed by atoms with Crippen molar-refractivity contribution in [3.8, 4) is 0 Å². The number of rotatable bonds is 8. The fourth-order valence-corrected chi connectivity index (χ4v) is 3.98. The molecule has 116 valence electrons. The lowest BCUT2D eigenvalue weighted by molar-refractivity contribution is 0.356. The first kappa shape index (κ1) is 17.3. The molecule has 0 saturated heterocycles. The third kappa shape index (κ3) is 4.99. The van der Waals surface area contributed by atoms with Crippen molar-refractivity contribution in [3.63, 3.8) is 0 Å². The monoisotopic (exact) mass is 320 g/mol. The van der Waals surface area contributed by atoms with Crippen LogP contribution in [0, 0.1) is 11.8 Å². The first-order valence-electron chi connectivity index (χ1n) is 6.82. The summed E-state index contributed by atoms with van der Waals surface area (Å²) in [6.07, 6.45) is 1.65. The molecule has 8 heteroatoms. The minimum absolute atomic E-state index is 0.0116. The normalized spacial score (nSPS) is 12.8. The van der Waals surface area contributed by atoms with Gasteiger partial charge in [-0.15, -0.1) is 10.2 Å². The van der Waals surface area contributed by atoms with Crippen LogP contribution >= 0.6 is 11.3 Å². The van der Waals surface area contributed by atoms with Gasteiger partial charge in [-0.05, 0) is 24.7 Å². The smallest absolute Gasteiger partial charge is 0.272 e. The highest BCUT2D eigenvalue weighted by Crippen LogP contribution is 2.22. The van der Waals surface area contributed by atoms with Gasteiger partial charge in [0.25, 0.3) is 10.0 Å². The Morgan fingerprint density at radius 3 is 1.95 bits per heavy atom. The van der Waals surface area contributed by atoms with Crippen molar-refractivity contribution in [2.24, 2.45) is 11.8 Å². The zero-order valence-electron chi connectivity index (χ0n) is 12.5. The van der Waals surface area contributed by atoms with Gasteiger partial charge in [-0.3, -0.25) is 0 Å². The van der Waals surface area contributed by atoms with Gasteiger partial charge in [-0.2, -0.15) is 4.31 Å². The summed E-state index contributed by atoms with van der Waals surface area (Å²) in [6, 6.07) is 0. The van der Waals surface area contributed by atoms with Crippen LogP contribution in [0.3, 0.4) is 0 Å². The highest BCUT2D eigenvalue weighted by atomic mass is 32.2. The number of nitrogen functional groups attached to an aromatic ring is 1. The predicted octanol–water partition coefficient (Wildman–Crippen LogP) is 2.20. The second-order valence-electron chi connectivity index (χ2n) is 5.68. The first-order chi connectivity index (χ1) is 9.23. The SMILES string of the molecule is CC(C)CCN(CCC(C)C)S(=O)(=O)c1nnc(N)s1. The van der Waals surface area contributed by atoms with Crippen LogP contribution in [0.2, 0.25) is 0 Å². The third-order valence-corrected chi connectivity index (χ3v) is 5.89. The summed E-state index contributed by atoms with van der Waals surface area (Å²) in [5.74, 6) is 0.900. The van der Waals surface area contributed by atoms with Crippen molar-refractivity contribution in [1.29, 1.82) is 0 Å². The molecule has 0 radical (unpaired) electrons. The second kappa shape index (κ2) is 7.33. The molecule has 0 aliphatic carbocycles. The predicted molar refractivity (Wildman–Crippen MR) is 82.0 cm³/mol. The molecule has 0 saturated carbocycles. The summed E-state index contributed by atoms with van der Waals surface area (Å²) < 4.78 is 26.6. The summed E-state index contributed by atoms with van der Waals surface area (Å²) in [6.45, 7) is 9.33. The summed E-state index contributed by atoms with van der Waals surface area (Å²) in [5.41, 5.74) is 5.48. The van der Waals surface area contributed by atoms with E-state index in [-0.39, 0.29) is 9.47 Å². The lowest BCUT2D eigenvalue weighted by atomic mass is 10.1. The van der Waals surface area contributed by atoms with E-state index in [2.05, 4.69) is 37.9 Å². The van der Waals surface area contributed by atoms with Crippen LogP contribution < -0.4 is 5.73 Å². The molecule has 0 aliphatic heterocycles. The van der Waals surface area contributed by atoms with Gasteiger partial charge in [-0.25, -0.2) is 8.42 Å². The van der Waals surface area contributed by atoms with Crippen LogP contribution in [0.5, 0.6) is 0 Å². The maximum Gasteiger partial charge on any atom is 0.272 e. The molecule has 2 N–H and O–H groups in total. The zero-order valence-corrected chi connectivity index (χ0v) is 14.2. The van der Waals surface area contributed by atoms with E-state index in [1.54, 1.807) is 0 Å². The summed E-state index contributed by atoms with van der Waals surface area (Å²) in [5, 5.41) is 7.45. The Hall–Kier alpha value is -0.730. The van der Waals surface area contributed by atoms with Crippen LogP contribution in [0.25, 0.3) is 0 Å². The molecule has 20 heavy (non-hydrogen) atoms. The van der Waals surface area contributed by atoms with Crippen molar-refractivity contribution >= 4 is 26.5 Å². The second-order valence-corrected chi connectivity index (χ2v) is 8.80. The van der Waals surface area contributed by atoms with Gasteiger partial charge in [0.2, 0.25) is 9.47 Å². The summed E-state index contributed by atoms with van der Waals surface area (Å²) in [7, 11) is -3.57. The molecule has 0 amide bonds. The standard InChI is InChI=1S/C12H24N4O2S2/c1-9(2)5-7-16(8-6-10(3)4)20(17,18)12-15-14-11(13)19-12/h9-10H,5-8H2,1-4H3,(H2,13,14). The molecule has 0 fully saturated rings. The fraction of sp³-hybridized carbons (Fsp3) is 0.833. The minimum atomic E-state index is -3.57. The molecule has 0 aromatic carbocycles. The maximum absolute atomic E-state index is 12.5. The molecule has 1 aromatic heterocycles. The van der Waals surface area contributed by atoms with Gasteiger partial charge in [0.05, 0.1) is 0 Å². The molecule has 0 bridgehead atoms. The average Bonchev–Trinajstić information content (AvgIpc) is 2.75. The topological polar surface area (TPSA) is 89.2 Å². The Kier molecular flexibility index (Phi) is 6.35. The van der Waals surface area contributed by atoms with Crippen LogP contribution in [-0.4, -0.2) is 36.0 Å². The first-order valence-corrected chi connectivity index (χ1v) is 9.08. The van der Waals surface area contributed by atoms with E-state index in [9.17, 15) is 8.42 Å². The average molecular weight is 320 g/mol. The highest BCUT2D eigenvalue weighted by Gasteiger charge is 2.28. The molecular formula is C12H24N4O2S2. The van der Waals surface area contributed by atoms with E-state index in [0.29, 0.717) is 24.9 Å². The van der Waals surface area contributed by atoms with Crippen LogP contribution in [0.1, 0.15) is 40.5 Å². The van der Waals surface area contributed by atoms with Gasteiger partial charge < -0.3 is 5.73 Å². The number of nitrogens with zero attached hydrogens (tertiary/aromatic N) is 3. The summed E-state index contributed by atoms with van der Waals surface area (Å²) in [4.78, 5) is 0. The maximum atomic E-state index is 12.5. The largest absolute Gasteiger partial charge is 0.374 e. The lowest BCUT2D eigenvalue weighted by Gasteiger charge is -2.22. The van der Waals surface area contributed by atoms with Gasteiger partial charge in [0, 0.05) is 13.1 Å². The Morgan fingerprint density at radius 1 is 1.10 bits per heavy atom. The highest BCUT2D eigenvalue weighted by molar-refractivity contribution is 7.91. The quantitative estimate of drug-likeness (QED) is 0.793.